The van der Waals surface area contributed by atoms with Gasteiger partial charge in [0, 0.05) is 5.54 Å². The summed E-state index contributed by atoms with van der Waals surface area (Å²) in [6.45, 7) is 7.07. The first kappa shape index (κ1) is 23.8. The van der Waals surface area contributed by atoms with Crippen molar-refractivity contribution >= 4 is 9.84 Å². The molecular weight excluding hydrogens is 430 g/mol. The fourth-order valence-electron chi connectivity index (χ4n) is 9.61. The number of benzene rings is 1. The first-order valence-electron chi connectivity index (χ1n) is 13.3. The maximum Gasteiger partial charge on any atom is 0.178 e. The van der Waals surface area contributed by atoms with Gasteiger partial charge in [-0.1, -0.05) is 39.0 Å². The smallest absolute Gasteiger partial charge is 0.178 e. The molecule has 0 aromatic heterocycles. The molecule has 1 aromatic rings. The Hall–Kier alpha value is -0.910. The number of fused-ring (bicyclic) bond motifs is 5. The minimum absolute atomic E-state index is 0.119. The van der Waals surface area contributed by atoms with Gasteiger partial charge >= 0.3 is 0 Å². The second-order valence-electron chi connectivity index (χ2n) is 12.7. The molecule has 184 valence electrons. The van der Waals surface area contributed by atoms with Crippen LogP contribution in [0.5, 0.6) is 0 Å². The average molecular weight is 474 g/mol. The van der Waals surface area contributed by atoms with Crippen LogP contribution in [-0.2, 0) is 9.84 Å². The number of hydrogen-bond donors (Lipinski definition) is 2. The standard InChI is InChI=1S/C28H43NO3S/c1-19(18-33(31,32)22-7-5-4-6-8-22)23-9-10-24-27(23,3)15-13-25-26(2)14-12-21(30)17-20(26)11-16-28(24,25)29/h4-8,19-21,23-25,30H,9-18,29H2,1-3H3/t19-,20+,21+,23-,24-,25-,26+,27-,28?/m1/s1. The number of sulfone groups is 1. The molecule has 9 atom stereocenters. The molecule has 0 saturated heterocycles. The molecule has 0 amide bonds. The Morgan fingerprint density at radius 2 is 1.64 bits per heavy atom. The van der Waals surface area contributed by atoms with Crippen molar-refractivity contribution < 1.29 is 13.5 Å². The Kier molecular flexibility index (Phi) is 5.82. The third-order valence-corrected chi connectivity index (χ3v) is 13.1. The van der Waals surface area contributed by atoms with Crippen molar-refractivity contribution in [2.24, 2.45) is 46.2 Å². The summed E-state index contributed by atoms with van der Waals surface area (Å²) in [6, 6.07) is 8.94. The van der Waals surface area contributed by atoms with E-state index in [0.717, 1.165) is 57.8 Å². The molecule has 3 N–H and O–H groups in total. The molecule has 4 nitrogen and oxygen atoms in total. The predicted molar refractivity (Wildman–Crippen MR) is 132 cm³/mol. The topological polar surface area (TPSA) is 80.4 Å². The van der Waals surface area contributed by atoms with Gasteiger partial charge in [0.1, 0.15) is 0 Å². The van der Waals surface area contributed by atoms with E-state index in [2.05, 4.69) is 20.8 Å². The van der Waals surface area contributed by atoms with Crippen LogP contribution < -0.4 is 5.73 Å². The SMILES string of the molecule is C[C@H](CS(=O)(=O)c1ccccc1)[C@H]1CC[C@H]2C3(N)CC[C@H]4C[C@@H](O)CC[C@]4(C)[C@H]3CC[C@]12C. The lowest BCUT2D eigenvalue weighted by Gasteiger charge is -2.65. The lowest BCUT2D eigenvalue weighted by molar-refractivity contribution is -0.141. The Morgan fingerprint density at radius 3 is 2.36 bits per heavy atom. The second-order valence-corrected chi connectivity index (χ2v) is 14.7. The summed E-state index contributed by atoms with van der Waals surface area (Å²) in [7, 11) is -3.29. The van der Waals surface area contributed by atoms with E-state index in [1.165, 1.54) is 0 Å². The summed E-state index contributed by atoms with van der Waals surface area (Å²) in [5, 5.41) is 10.3. The maximum absolute atomic E-state index is 13.1. The molecule has 4 aliphatic carbocycles. The summed E-state index contributed by atoms with van der Waals surface area (Å²) in [5.41, 5.74) is 7.68. The summed E-state index contributed by atoms with van der Waals surface area (Å²) >= 11 is 0. The molecule has 4 fully saturated rings. The fourth-order valence-corrected chi connectivity index (χ4v) is 11.3. The van der Waals surface area contributed by atoms with E-state index < -0.39 is 9.84 Å². The van der Waals surface area contributed by atoms with Crippen LogP contribution in [0.25, 0.3) is 0 Å². The maximum atomic E-state index is 13.1. The minimum Gasteiger partial charge on any atom is -0.393 e. The van der Waals surface area contributed by atoms with Gasteiger partial charge in [0.25, 0.3) is 0 Å². The normalized spacial score (nSPS) is 46.2. The summed E-state index contributed by atoms with van der Waals surface area (Å²) < 4.78 is 26.3. The highest BCUT2D eigenvalue weighted by atomic mass is 32.2. The van der Waals surface area contributed by atoms with Gasteiger partial charge in [-0.15, -0.1) is 0 Å². The highest BCUT2D eigenvalue weighted by Gasteiger charge is 2.66. The molecule has 5 rings (SSSR count). The van der Waals surface area contributed by atoms with Gasteiger partial charge in [0.2, 0.25) is 0 Å². The van der Waals surface area contributed by atoms with Gasteiger partial charge in [-0.3, -0.25) is 0 Å². The molecule has 33 heavy (non-hydrogen) atoms. The van der Waals surface area contributed by atoms with Crippen molar-refractivity contribution in [2.75, 3.05) is 5.75 Å². The Morgan fingerprint density at radius 1 is 0.970 bits per heavy atom. The van der Waals surface area contributed by atoms with Crippen LogP contribution in [0.1, 0.15) is 78.6 Å². The fraction of sp³-hybridized carbons (Fsp3) is 0.786. The van der Waals surface area contributed by atoms with E-state index in [0.29, 0.717) is 28.6 Å². The van der Waals surface area contributed by atoms with Crippen molar-refractivity contribution in [3.63, 3.8) is 0 Å². The third-order valence-electron chi connectivity index (χ3n) is 11.2. The van der Waals surface area contributed by atoms with E-state index >= 15 is 0 Å². The lowest BCUT2D eigenvalue weighted by Crippen LogP contribution is -2.68. The van der Waals surface area contributed by atoms with Crippen LogP contribution in [0, 0.1) is 40.4 Å². The molecule has 0 radical (unpaired) electrons. The molecule has 0 heterocycles. The van der Waals surface area contributed by atoms with E-state index in [1.54, 1.807) is 12.1 Å². The van der Waals surface area contributed by atoms with Gasteiger partial charge in [0.05, 0.1) is 16.8 Å². The predicted octanol–water partition coefficient (Wildman–Crippen LogP) is 5.20. The van der Waals surface area contributed by atoms with Crippen molar-refractivity contribution in [2.45, 2.75) is 95.1 Å². The zero-order valence-electron chi connectivity index (χ0n) is 20.7. The molecule has 5 heteroatoms. The molecular formula is C28H43NO3S. The average Bonchev–Trinajstić information content (AvgIpc) is 3.13. The van der Waals surface area contributed by atoms with Crippen LogP contribution in [0.4, 0.5) is 0 Å². The zero-order valence-corrected chi connectivity index (χ0v) is 21.5. The first-order chi connectivity index (χ1) is 15.5. The molecule has 0 bridgehead atoms. The highest BCUT2D eigenvalue weighted by Crippen LogP contribution is 2.69. The second kappa shape index (κ2) is 8.06. The molecule has 0 aliphatic heterocycles. The lowest BCUT2D eigenvalue weighted by atomic mass is 9.41. The molecule has 1 aromatic carbocycles. The Balaban J connectivity index is 1.38. The Labute approximate surface area is 200 Å². The molecule has 4 aliphatic rings. The van der Waals surface area contributed by atoms with Gasteiger partial charge in [-0.2, -0.15) is 0 Å². The zero-order chi connectivity index (χ0) is 23.6. The van der Waals surface area contributed by atoms with E-state index in [1.807, 2.05) is 18.2 Å². The molecule has 4 saturated carbocycles. The highest BCUT2D eigenvalue weighted by molar-refractivity contribution is 7.91. The van der Waals surface area contributed by atoms with Gasteiger partial charge in [-0.25, -0.2) is 8.42 Å². The van der Waals surface area contributed by atoms with E-state index in [-0.39, 0.29) is 34.1 Å². The quantitative estimate of drug-likeness (QED) is 0.630. The van der Waals surface area contributed by atoms with Crippen LogP contribution >= 0.6 is 0 Å². The number of aliphatic hydroxyl groups is 1. The third kappa shape index (κ3) is 3.63. The number of rotatable bonds is 4. The van der Waals surface area contributed by atoms with Gasteiger partial charge in [-0.05, 0) is 110 Å². The number of aliphatic hydroxyl groups excluding tert-OH is 1. The van der Waals surface area contributed by atoms with Crippen molar-refractivity contribution in [1.29, 1.82) is 0 Å². The summed E-state index contributed by atoms with van der Waals surface area (Å²) in [5.74, 6) is 2.35. The van der Waals surface area contributed by atoms with Gasteiger partial charge in [0.15, 0.2) is 9.84 Å². The van der Waals surface area contributed by atoms with Crippen LogP contribution in [0.3, 0.4) is 0 Å². The minimum atomic E-state index is -3.29. The molecule has 1 unspecified atom stereocenters. The van der Waals surface area contributed by atoms with Crippen molar-refractivity contribution in [3.8, 4) is 0 Å². The van der Waals surface area contributed by atoms with Crippen molar-refractivity contribution in [1.82, 2.24) is 0 Å². The summed E-state index contributed by atoms with van der Waals surface area (Å²) in [6.07, 6.45) is 9.56. The summed E-state index contributed by atoms with van der Waals surface area (Å²) in [4.78, 5) is 0.446. The van der Waals surface area contributed by atoms with E-state index in [9.17, 15) is 13.5 Å². The van der Waals surface area contributed by atoms with Crippen LogP contribution in [0.15, 0.2) is 35.2 Å². The van der Waals surface area contributed by atoms with Crippen LogP contribution in [0.2, 0.25) is 0 Å². The number of nitrogens with two attached hydrogens (primary N) is 1. The van der Waals surface area contributed by atoms with Crippen molar-refractivity contribution in [3.05, 3.63) is 30.3 Å². The Bertz CT molecular complexity index is 980. The monoisotopic (exact) mass is 473 g/mol. The largest absolute Gasteiger partial charge is 0.393 e. The van der Waals surface area contributed by atoms with E-state index in [4.69, 9.17) is 5.73 Å². The molecule has 0 spiro atoms. The number of hydrogen-bond acceptors (Lipinski definition) is 4. The van der Waals surface area contributed by atoms with Gasteiger partial charge < -0.3 is 10.8 Å². The van der Waals surface area contributed by atoms with Crippen LogP contribution in [-0.4, -0.2) is 30.9 Å². The first-order valence-corrected chi connectivity index (χ1v) is 14.9.